The van der Waals surface area contributed by atoms with Crippen molar-refractivity contribution in [2.75, 3.05) is 0 Å². The van der Waals surface area contributed by atoms with E-state index >= 15 is 0 Å². The molecule has 15 heavy (non-hydrogen) atoms. The van der Waals surface area contributed by atoms with Crippen LogP contribution < -0.4 is 0 Å². The van der Waals surface area contributed by atoms with Crippen LogP contribution in [0.4, 0.5) is 0 Å². The Morgan fingerprint density at radius 3 is 2.60 bits per heavy atom. The predicted octanol–water partition coefficient (Wildman–Crippen LogP) is 3.43. The van der Waals surface area contributed by atoms with Gasteiger partial charge in [0.2, 0.25) is 0 Å². The topological polar surface area (TPSA) is 46.3 Å². The van der Waals surface area contributed by atoms with E-state index in [2.05, 4.69) is 20.9 Å². The maximum absolute atomic E-state index is 9.37. The SMILES string of the molecule is Cc1nc(-c2ccc(O)c(Br)c2)c(C)o1. The van der Waals surface area contributed by atoms with Gasteiger partial charge in [-0.3, -0.25) is 0 Å². The Kier molecular flexibility index (Phi) is 2.52. The lowest BCUT2D eigenvalue weighted by Gasteiger charge is -2.00. The third-order valence-electron chi connectivity index (χ3n) is 2.12. The van der Waals surface area contributed by atoms with Crippen LogP contribution in [0.1, 0.15) is 11.7 Å². The number of rotatable bonds is 1. The summed E-state index contributed by atoms with van der Waals surface area (Å²) in [6.07, 6.45) is 0. The summed E-state index contributed by atoms with van der Waals surface area (Å²) in [4.78, 5) is 4.28. The summed E-state index contributed by atoms with van der Waals surface area (Å²) in [5, 5.41) is 9.37. The van der Waals surface area contributed by atoms with E-state index in [0.29, 0.717) is 10.4 Å². The Bertz CT molecular complexity index is 505. The van der Waals surface area contributed by atoms with E-state index < -0.39 is 0 Å². The molecule has 3 nitrogen and oxygen atoms in total. The average molecular weight is 268 g/mol. The van der Waals surface area contributed by atoms with E-state index in [1.165, 1.54) is 0 Å². The van der Waals surface area contributed by atoms with Gasteiger partial charge in [0.05, 0.1) is 4.47 Å². The minimum absolute atomic E-state index is 0.219. The number of halogens is 1. The number of aromatic nitrogens is 1. The van der Waals surface area contributed by atoms with E-state index in [1.54, 1.807) is 6.07 Å². The highest BCUT2D eigenvalue weighted by Gasteiger charge is 2.10. The van der Waals surface area contributed by atoms with Crippen LogP contribution in [0, 0.1) is 13.8 Å². The number of hydrogen-bond donors (Lipinski definition) is 1. The van der Waals surface area contributed by atoms with E-state index in [1.807, 2.05) is 26.0 Å². The third-order valence-corrected chi connectivity index (χ3v) is 2.76. The van der Waals surface area contributed by atoms with E-state index in [0.717, 1.165) is 17.0 Å². The first-order chi connectivity index (χ1) is 7.08. The molecule has 0 atom stereocenters. The zero-order valence-electron chi connectivity index (χ0n) is 8.41. The molecule has 0 aliphatic rings. The summed E-state index contributed by atoms with van der Waals surface area (Å²) in [6, 6.07) is 5.26. The Hall–Kier alpha value is -1.29. The van der Waals surface area contributed by atoms with Crippen LogP contribution in [0.3, 0.4) is 0 Å². The summed E-state index contributed by atoms with van der Waals surface area (Å²) in [5.74, 6) is 1.65. The molecule has 0 amide bonds. The molecule has 0 aliphatic carbocycles. The molecule has 0 spiro atoms. The van der Waals surface area contributed by atoms with Crippen molar-refractivity contribution >= 4 is 15.9 Å². The van der Waals surface area contributed by atoms with Crippen molar-refractivity contribution in [3.63, 3.8) is 0 Å². The van der Waals surface area contributed by atoms with Crippen LogP contribution in [0.5, 0.6) is 5.75 Å². The lowest BCUT2D eigenvalue weighted by atomic mass is 10.1. The number of phenolic OH excluding ortho intramolecular Hbond substituents is 1. The quantitative estimate of drug-likeness (QED) is 0.861. The number of benzene rings is 1. The highest BCUT2D eigenvalue weighted by Crippen LogP contribution is 2.30. The lowest BCUT2D eigenvalue weighted by Crippen LogP contribution is -1.81. The van der Waals surface area contributed by atoms with Gasteiger partial charge in [0, 0.05) is 12.5 Å². The van der Waals surface area contributed by atoms with Gasteiger partial charge in [0.25, 0.3) is 0 Å². The molecule has 0 unspecified atom stereocenters. The van der Waals surface area contributed by atoms with Gasteiger partial charge in [0.15, 0.2) is 5.89 Å². The van der Waals surface area contributed by atoms with Crippen LogP contribution in [0.25, 0.3) is 11.3 Å². The average Bonchev–Trinajstić information content (AvgIpc) is 2.50. The first-order valence-corrected chi connectivity index (χ1v) is 5.30. The summed E-state index contributed by atoms with van der Waals surface area (Å²) >= 11 is 3.27. The molecule has 0 fully saturated rings. The fraction of sp³-hybridized carbons (Fsp3) is 0.182. The molecule has 78 valence electrons. The Balaban J connectivity index is 2.54. The number of aromatic hydroxyl groups is 1. The normalized spacial score (nSPS) is 10.6. The molecule has 2 aromatic rings. The molecule has 0 saturated heterocycles. The fourth-order valence-corrected chi connectivity index (χ4v) is 1.83. The molecule has 0 aliphatic heterocycles. The Morgan fingerprint density at radius 2 is 2.07 bits per heavy atom. The standard InChI is InChI=1S/C11H10BrNO2/c1-6-11(13-7(2)15-6)8-3-4-10(14)9(12)5-8/h3-5,14H,1-2H3. The largest absolute Gasteiger partial charge is 0.507 e. The summed E-state index contributed by atoms with van der Waals surface area (Å²) in [5.41, 5.74) is 1.74. The molecule has 0 saturated carbocycles. The number of aryl methyl sites for hydroxylation is 2. The molecule has 1 aromatic carbocycles. The number of phenols is 1. The van der Waals surface area contributed by atoms with Crippen molar-refractivity contribution in [1.29, 1.82) is 0 Å². The monoisotopic (exact) mass is 267 g/mol. The van der Waals surface area contributed by atoms with Gasteiger partial charge < -0.3 is 9.52 Å². The first kappa shape index (κ1) is 10.2. The van der Waals surface area contributed by atoms with Crippen molar-refractivity contribution < 1.29 is 9.52 Å². The Morgan fingerprint density at radius 1 is 1.33 bits per heavy atom. The fourth-order valence-electron chi connectivity index (χ4n) is 1.45. The van der Waals surface area contributed by atoms with Gasteiger partial charge in [0.1, 0.15) is 17.2 Å². The van der Waals surface area contributed by atoms with Gasteiger partial charge in [-0.2, -0.15) is 0 Å². The van der Waals surface area contributed by atoms with E-state index in [-0.39, 0.29) is 5.75 Å². The van der Waals surface area contributed by atoms with Crippen molar-refractivity contribution in [2.24, 2.45) is 0 Å². The minimum Gasteiger partial charge on any atom is -0.507 e. The minimum atomic E-state index is 0.219. The highest BCUT2D eigenvalue weighted by atomic mass is 79.9. The van der Waals surface area contributed by atoms with Crippen LogP contribution in [-0.2, 0) is 0 Å². The van der Waals surface area contributed by atoms with Crippen molar-refractivity contribution in [3.8, 4) is 17.0 Å². The van der Waals surface area contributed by atoms with Crippen LogP contribution in [-0.4, -0.2) is 10.1 Å². The maximum atomic E-state index is 9.37. The lowest BCUT2D eigenvalue weighted by molar-refractivity contribution is 0.472. The van der Waals surface area contributed by atoms with E-state index in [4.69, 9.17) is 4.42 Å². The molecule has 1 N–H and O–H groups in total. The zero-order valence-corrected chi connectivity index (χ0v) is 10.00. The number of oxazole rings is 1. The molecule has 1 aromatic heterocycles. The molecular formula is C11H10BrNO2. The van der Waals surface area contributed by atoms with Crippen LogP contribution >= 0.6 is 15.9 Å². The second-order valence-electron chi connectivity index (χ2n) is 3.30. The summed E-state index contributed by atoms with van der Waals surface area (Å²) in [7, 11) is 0. The van der Waals surface area contributed by atoms with Crippen LogP contribution in [0.2, 0.25) is 0 Å². The number of hydrogen-bond acceptors (Lipinski definition) is 3. The molecule has 0 bridgehead atoms. The second-order valence-corrected chi connectivity index (χ2v) is 4.16. The molecule has 2 rings (SSSR count). The smallest absolute Gasteiger partial charge is 0.191 e. The molecular weight excluding hydrogens is 258 g/mol. The molecule has 4 heteroatoms. The van der Waals surface area contributed by atoms with Crippen molar-refractivity contribution in [1.82, 2.24) is 4.98 Å². The zero-order chi connectivity index (χ0) is 11.0. The van der Waals surface area contributed by atoms with Crippen LogP contribution in [0.15, 0.2) is 27.1 Å². The molecule has 0 radical (unpaired) electrons. The van der Waals surface area contributed by atoms with Gasteiger partial charge in [-0.25, -0.2) is 4.98 Å². The van der Waals surface area contributed by atoms with Crippen molar-refractivity contribution in [3.05, 3.63) is 34.3 Å². The molecule has 1 heterocycles. The summed E-state index contributed by atoms with van der Waals surface area (Å²) in [6.45, 7) is 3.68. The summed E-state index contributed by atoms with van der Waals surface area (Å²) < 4.78 is 6.00. The van der Waals surface area contributed by atoms with Gasteiger partial charge >= 0.3 is 0 Å². The van der Waals surface area contributed by atoms with Gasteiger partial charge in [-0.1, -0.05) is 0 Å². The van der Waals surface area contributed by atoms with E-state index in [9.17, 15) is 5.11 Å². The predicted molar refractivity (Wildman–Crippen MR) is 60.8 cm³/mol. The number of nitrogens with zero attached hydrogens (tertiary/aromatic N) is 1. The second kappa shape index (κ2) is 3.70. The first-order valence-electron chi connectivity index (χ1n) is 4.51. The highest BCUT2D eigenvalue weighted by molar-refractivity contribution is 9.10. The third kappa shape index (κ3) is 1.90. The van der Waals surface area contributed by atoms with Gasteiger partial charge in [-0.05, 0) is 41.1 Å². The Labute approximate surface area is 95.9 Å². The van der Waals surface area contributed by atoms with Crippen molar-refractivity contribution in [2.45, 2.75) is 13.8 Å². The maximum Gasteiger partial charge on any atom is 0.191 e. The van der Waals surface area contributed by atoms with Gasteiger partial charge in [-0.15, -0.1) is 0 Å².